The number of hydrogen-bond donors (Lipinski definition) is 3. The quantitative estimate of drug-likeness (QED) is 0.712. The number of benzene rings is 1. The van der Waals surface area contributed by atoms with E-state index in [2.05, 4.69) is 10.4 Å². The summed E-state index contributed by atoms with van der Waals surface area (Å²) in [7, 11) is 1.70. The van der Waals surface area contributed by atoms with Gasteiger partial charge in [-0.05, 0) is 24.3 Å². The summed E-state index contributed by atoms with van der Waals surface area (Å²) in [6.45, 7) is 0. The minimum Gasteiger partial charge on any atom is -0.478 e. The van der Waals surface area contributed by atoms with E-state index in [1.807, 2.05) is 0 Å². The van der Waals surface area contributed by atoms with Gasteiger partial charge in [-0.2, -0.15) is 5.10 Å². The summed E-state index contributed by atoms with van der Waals surface area (Å²) in [5.74, 6) is -1.48. The van der Waals surface area contributed by atoms with Crippen molar-refractivity contribution in [1.82, 2.24) is 9.78 Å². The van der Waals surface area contributed by atoms with Crippen LogP contribution >= 0.6 is 0 Å². The highest BCUT2D eigenvalue weighted by molar-refractivity contribution is 6.04. The lowest BCUT2D eigenvalue weighted by Crippen LogP contribution is -2.14. The third-order valence-corrected chi connectivity index (χ3v) is 2.49. The lowest BCUT2D eigenvalue weighted by molar-refractivity contribution is 0.0697. The number of carboxylic acid groups (broad SMARTS) is 1. The van der Waals surface area contributed by atoms with Gasteiger partial charge in [0.2, 0.25) is 0 Å². The van der Waals surface area contributed by atoms with Crippen LogP contribution in [0.2, 0.25) is 0 Å². The first-order valence-electron chi connectivity index (χ1n) is 5.41. The van der Waals surface area contributed by atoms with Crippen LogP contribution in [0.5, 0.6) is 0 Å². The number of nitrogens with one attached hydrogen (secondary N) is 1. The number of anilines is 2. The molecule has 0 atom stereocenters. The number of nitrogens with two attached hydrogens (primary N) is 1. The number of aryl methyl sites for hydroxylation is 1. The van der Waals surface area contributed by atoms with Crippen LogP contribution in [0.25, 0.3) is 0 Å². The van der Waals surface area contributed by atoms with Gasteiger partial charge in [0, 0.05) is 13.2 Å². The number of aromatic nitrogens is 2. The van der Waals surface area contributed by atoms with Crippen molar-refractivity contribution in [2.45, 2.75) is 0 Å². The fourth-order valence-corrected chi connectivity index (χ4v) is 1.53. The largest absolute Gasteiger partial charge is 0.478 e. The van der Waals surface area contributed by atoms with Crippen LogP contribution in [0.15, 0.2) is 30.5 Å². The van der Waals surface area contributed by atoms with Gasteiger partial charge in [0.05, 0.1) is 16.9 Å². The van der Waals surface area contributed by atoms with Crippen molar-refractivity contribution < 1.29 is 14.7 Å². The van der Waals surface area contributed by atoms with Crippen LogP contribution < -0.4 is 11.1 Å². The van der Waals surface area contributed by atoms with Crippen LogP contribution in [0.1, 0.15) is 20.8 Å². The monoisotopic (exact) mass is 260 g/mol. The number of rotatable bonds is 3. The molecule has 98 valence electrons. The molecule has 2 rings (SSSR count). The second-order valence-electron chi connectivity index (χ2n) is 3.94. The minimum atomic E-state index is -1.07. The second kappa shape index (κ2) is 4.81. The van der Waals surface area contributed by atoms with Crippen molar-refractivity contribution >= 4 is 23.3 Å². The van der Waals surface area contributed by atoms with E-state index in [1.165, 1.54) is 22.9 Å². The van der Waals surface area contributed by atoms with Crippen LogP contribution in [-0.2, 0) is 7.05 Å². The smallest absolute Gasteiger partial charge is 0.335 e. The molecule has 2 aromatic rings. The number of carboxylic acids is 1. The van der Waals surface area contributed by atoms with Gasteiger partial charge >= 0.3 is 5.97 Å². The van der Waals surface area contributed by atoms with E-state index in [0.717, 1.165) is 0 Å². The highest BCUT2D eigenvalue weighted by atomic mass is 16.4. The fraction of sp³-hybridized carbons (Fsp3) is 0.0833. The Kier molecular flexibility index (Phi) is 3.19. The molecule has 0 aliphatic carbocycles. The van der Waals surface area contributed by atoms with Gasteiger partial charge in [-0.3, -0.25) is 9.48 Å². The molecule has 0 bridgehead atoms. The third kappa shape index (κ3) is 2.71. The molecule has 0 spiro atoms. The molecule has 0 saturated heterocycles. The van der Waals surface area contributed by atoms with Gasteiger partial charge in [-0.25, -0.2) is 4.79 Å². The number of carbonyl (C=O) groups is 2. The van der Waals surface area contributed by atoms with Crippen molar-refractivity contribution in [1.29, 1.82) is 0 Å². The van der Waals surface area contributed by atoms with Crippen LogP contribution in [0.4, 0.5) is 11.4 Å². The third-order valence-electron chi connectivity index (χ3n) is 2.49. The first-order valence-corrected chi connectivity index (χ1v) is 5.41. The van der Waals surface area contributed by atoms with E-state index in [0.29, 0.717) is 5.69 Å². The summed E-state index contributed by atoms with van der Waals surface area (Å²) in [5, 5.41) is 15.3. The van der Waals surface area contributed by atoms with Crippen molar-refractivity contribution in [2.75, 3.05) is 11.1 Å². The van der Waals surface area contributed by atoms with Gasteiger partial charge < -0.3 is 16.2 Å². The maximum Gasteiger partial charge on any atom is 0.335 e. The summed E-state index contributed by atoms with van der Waals surface area (Å²) in [4.78, 5) is 22.6. The van der Waals surface area contributed by atoms with Crippen molar-refractivity contribution in [2.24, 2.45) is 7.05 Å². The molecule has 0 aliphatic heterocycles. The average molecular weight is 260 g/mol. The summed E-state index contributed by atoms with van der Waals surface area (Å²) < 4.78 is 1.51. The van der Waals surface area contributed by atoms with Crippen LogP contribution in [-0.4, -0.2) is 26.8 Å². The Bertz CT molecular complexity index is 648. The normalized spacial score (nSPS) is 10.2. The Balaban J connectivity index is 2.20. The minimum absolute atomic E-state index is 0.0633. The van der Waals surface area contributed by atoms with E-state index in [1.54, 1.807) is 19.3 Å². The molecule has 7 nitrogen and oxygen atoms in total. The molecular formula is C12H12N4O3. The van der Waals surface area contributed by atoms with Gasteiger partial charge in [0.25, 0.3) is 5.91 Å². The van der Waals surface area contributed by atoms with Crippen LogP contribution in [0, 0.1) is 0 Å². The van der Waals surface area contributed by atoms with E-state index in [9.17, 15) is 9.59 Å². The Hall–Kier alpha value is -2.83. The molecule has 7 heteroatoms. The van der Waals surface area contributed by atoms with E-state index >= 15 is 0 Å². The zero-order valence-corrected chi connectivity index (χ0v) is 10.1. The molecule has 1 aromatic carbocycles. The SMILES string of the molecule is Cn1ccc(C(=O)Nc2ccc(C(=O)O)cc2N)n1. The summed E-state index contributed by atoms with van der Waals surface area (Å²) >= 11 is 0. The van der Waals surface area contributed by atoms with Crippen molar-refractivity contribution in [3.05, 3.63) is 41.7 Å². The lowest BCUT2D eigenvalue weighted by Gasteiger charge is -2.07. The van der Waals surface area contributed by atoms with Gasteiger partial charge in [-0.15, -0.1) is 0 Å². The van der Waals surface area contributed by atoms with Crippen LogP contribution in [0.3, 0.4) is 0 Å². The van der Waals surface area contributed by atoms with E-state index in [4.69, 9.17) is 10.8 Å². The summed E-state index contributed by atoms with van der Waals surface area (Å²) in [6, 6.07) is 5.67. The molecule has 0 saturated carbocycles. The maximum atomic E-state index is 11.8. The molecule has 1 amide bonds. The molecule has 1 heterocycles. The highest BCUT2D eigenvalue weighted by Gasteiger charge is 2.12. The number of hydrogen-bond acceptors (Lipinski definition) is 4. The Morgan fingerprint density at radius 2 is 2.11 bits per heavy atom. The second-order valence-corrected chi connectivity index (χ2v) is 3.94. The number of carbonyl (C=O) groups excluding carboxylic acids is 1. The summed E-state index contributed by atoms with van der Waals surface area (Å²) in [6.07, 6.45) is 1.64. The molecule has 4 N–H and O–H groups in total. The topological polar surface area (TPSA) is 110 Å². The first-order chi connectivity index (χ1) is 8.97. The fourth-order valence-electron chi connectivity index (χ4n) is 1.53. The van der Waals surface area contributed by atoms with E-state index in [-0.39, 0.29) is 16.9 Å². The van der Waals surface area contributed by atoms with Crippen molar-refractivity contribution in [3.63, 3.8) is 0 Å². The molecule has 0 radical (unpaired) electrons. The predicted molar refractivity (Wildman–Crippen MR) is 69.0 cm³/mol. The van der Waals surface area contributed by atoms with Crippen molar-refractivity contribution in [3.8, 4) is 0 Å². The predicted octanol–water partition coefficient (Wildman–Crippen LogP) is 0.953. The van der Waals surface area contributed by atoms with E-state index < -0.39 is 11.9 Å². The molecule has 0 unspecified atom stereocenters. The first kappa shape index (κ1) is 12.6. The Labute approximate surface area is 108 Å². The zero-order chi connectivity index (χ0) is 14.0. The molecule has 1 aromatic heterocycles. The maximum absolute atomic E-state index is 11.8. The standard InChI is InChI=1S/C12H12N4O3/c1-16-5-4-10(15-16)11(17)14-9-3-2-7(12(18)19)6-8(9)13/h2-6H,13H2,1H3,(H,14,17)(H,18,19). The van der Waals surface area contributed by atoms with Gasteiger partial charge in [0.1, 0.15) is 0 Å². The van der Waals surface area contributed by atoms with Gasteiger partial charge in [-0.1, -0.05) is 0 Å². The number of aromatic carboxylic acids is 1. The zero-order valence-electron chi connectivity index (χ0n) is 10.1. The molecule has 0 aliphatic rings. The molecular weight excluding hydrogens is 248 g/mol. The highest BCUT2D eigenvalue weighted by Crippen LogP contribution is 2.20. The lowest BCUT2D eigenvalue weighted by atomic mass is 10.1. The number of nitrogens with zero attached hydrogens (tertiary/aromatic N) is 2. The summed E-state index contributed by atoms with van der Waals surface area (Å²) in [5.41, 5.74) is 6.54. The average Bonchev–Trinajstić information content (AvgIpc) is 2.78. The number of amides is 1. The number of nitrogen functional groups attached to an aromatic ring is 1. The Morgan fingerprint density at radius 3 is 2.63 bits per heavy atom. The van der Waals surface area contributed by atoms with Gasteiger partial charge in [0.15, 0.2) is 5.69 Å². The Morgan fingerprint density at radius 1 is 1.37 bits per heavy atom. The molecule has 19 heavy (non-hydrogen) atoms. The molecule has 0 fully saturated rings.